The molecule has 1 aromatic rings. The number of aromatic nitrogens is 2. The predicted octanol–water partition coefficient (Wildman–Crippen LogP) is 0.203. The first kappa shape index (κ1) is 8.72. The molecule has 1 aliphatic rings. The third-order valence-electron chi connectivity index (χ3n) is 2.58. The number of hydrogen-bond acceptors (Lipinski definition) is 3. The van der Waals surface area contributed by atoms with Crippen molar-refractivity contribution in [1.82, 2.24) is 9.78 Å². The van der Waals surface area contributed by atoms with Crippen LogP contribution in [0, 0.1) is 6.92 Å². The van der Waals surface area contributed by atoms with E-state index in [2.05, 4.69) is 5.10 Å². The molecule has 1 fully saturated rings. The summed E-state index contributed by atoms with van der Waals surface area (Å²) in [6.07, 6.45) is 1.44. The molecule has 0 bridgehead atoms. The summed E-state index contributed by atoms with van der Waals surface area (Å²) >= 11 is 0. The van der Waals surface area contributed by atoms with Crippen molar-refractivity contribution in [3.8, 4) is 0 Å². The van der Waals surface area contributed by atoms with Crippen LogP contribution in [-0.2, 0) is 11.8 Å². The van der Waals surface area contributed by atoms with Gasteiger partial charge < -0.3 is 9.84 Å². The molecule has 0 aliphatic carbocycles. The largest absolute Gasteiger partial charge is 0.390 e. The zero-order chi connectivity index (χ0) is 9.42. The van der Waals surface area contributed by atoms with Gasteiger partial charge in [0.25, 0.3) is 0 Å². The van der Waals surface area contributed by atoms with Crippen molar-refractivity contribution in [3.63, 3.8) is 0 Å². The van der Waals surface area contributed by atoms with E-state index in [4.69, 9.17) is 4.74 Å². The van der Waals surface area contributed by atoms with Crippen molar-refractivity contribution in [2.75, 3.05) is 13.2 Å². The third-order valence-corrected chi connectivity index (χ3v) is 2.58. The fourth-order valence-electron chi connectivity index (χ4n) is 1.89. The fraction of sp³-hybridized carbons (Fsp3) is 0.667. The van der Waals surface area contributed by atoms with Crippen LogP contribution in [0.25, 0.3) is 0 Å². The average Bonchev–Trinajstić information content (AvgIpc) is 2.60. The highest BCUT2D eigenvalue weighted by atomic mass is 16.5. The Balaban J connectivity index is 2.33. The highest BCUT2D eigenvalue weighted by Gasteiger charge is 2.30. The van der Waals surface area contributed by atoms with Gasteiger partial charge in [0.1, 0.15) is 0 Å². The zero-order valence-corrected chi connectivity index (χ0v) is 7.90. The van der Waals surface area contributed by atoms with Gasteiger partial charge in [-0.25, -0.2) is 0 Å². The Kier molecular flexibility index (Phi) is 2.09. The number of hydrogen-bond donors (Lipinski definition) is 1. The monoisotopic (exact) mass is 182 g/mol. The van der Waals surface area contributed by atoms with Gasteiger partial charge in [0.15, 0.2) is 0 Å². The Morgan fingerprint density at radius 2 is 2.38 bits per heavy atom. The molecular formula is C9H14N2O2. The number of aliphatic hydroxyl groups is 1. The molecular weight excluding hydrogens is 168 g/mol. The van der Waals surface area contributed by atoms with Crippen molar-refractivity contribution in [2.45, 2.75) is 18.9 Å². The van der Waals surface area contributed by atoms with Crippen molar-refractivity contribution in [1.29, 1.82) is 0 Å². The van der Waals surface area contributed by atoms with Gasteiger partial charge in [-0.05, 0) is 12.5 Å². The van der Waals surface area contributed by atoms with E-state index in [1.165, 1.54) is 0 Å². The Morgan fingerprint density at radius 3 is 2.85 bits per heavy atom. The van der Waals surface area contributed by atoms with E-state index in [-0.39, 0.29) is 12.0 Å². The first-order chi connectivity index (χ1) is 6.20. The van der Waals surface area contributed by atoms with Crippen LogP contribution in [0.1, 0.15) is 17.2 Å². The topological polar surface area (TPSA) is 47.3 Å². The van der Waals surface area contributed by atoms with Gasteiger partial charge in [0.05, 0.1) is 31.4 Å². The Bertz CT molecular complexity index is 289. The number of aryl methyl sites for hydroxylation is 2. The molecule has 0 spiro atoms. The Hall–Kier alpha value is -0.870. The van der Waals surface area contributed by atoms with E-state index in [0.29, 0.717) is 13.2 Å². The van der Waals surface area contributed by atoms with Crippen molar-refractivity contribution in [3.05, 3.63) is 17.5 Å². The minimum atomic E-state index is -0.380. The Morgan fingerprint density at radius 1 is 1.62 bits per heavy atom. The van der Waals surface area contributed by atoms with Crippen molar-refractivity contribution < 1.29 is 9.84 Å². The summed E-state index contributed by atoms with van der Waals surface area (Å²) in [6.45, 7) is 3.05. The van der Waals surface area contributed by atoms with Gasteiger partial charge in [-0.1, -0.05) is 0 Å². The quantitative estimate of drug-likeness (QED) is 0.675. The molecule has 0 amide bonds. The molecule has 1 aromatic heterocycles. The van der Waals surface area contributed by atoms with E-state index >= 15 is 0 Å². The SMILES string of the molecule is Cc1cnn(C)c1[C@@H]1COC[C@H]1O. The van der Waals surface area contributed by atoms with Crippen LogP contribution < -0.4 is 0 Å². The minimum absolute atomic E-state index is 0.0903. The number of rotatable bonds is 1. The second kappa shape index (κ2) is 3.12. The number of ether oxygens (including phenoxy) is 1. The molecule has 1 saturated heterocycles. The first-order valence-electron chi connectivity index (χ1n) is 4.44. The van der Waals surface area contributed by atoms with Gasteiger partial charge >= 0.3 is 0 Å². The zero-order valence-electron chi connectivity index (χ0n) is 7.90. The van der Waals surface area contributed by atoms with Crippen LogP contribution in [0.2, 0.25) is 0 Å². The van der Waals surface area contributed by atoms with E-state index in [1.54, 1.807) is 0 Å². The standard InChI is InChI=1S/C9H14N2O2/c1-6-3-10-11(2)9(6)7-4-13-5-8(7)12/h3,7-8,12H,4-5H2,1-2H3/t7-,8-/m1/s1. The van der Waals surface area contributed by atoms with Crippen LogP contribution in [0.5, 0.6) is 0 Å². The van der Waals surface area contributed by atoms with Crippen LogP contribution in [-0.4, -0.2) is 34.2 Å². The molecule has 2 atom stereocenters. The summed E-state index contributed by atoms with van der Waals surface area (Å²) in [5, 5.41) is 13.8. The molecule has 0 radical (unpaired) electrons. The molecule has 1 aliphatic heterocycles. The van der Waals surface area contributed by atoms with Gasteiger partial charge in [0.2, 0.25) is 0 Å². The van der Waals surface area contributed by atoms with Crippen molar-refractivity contribution >= 4 is 0 Å². The maximum Gasteiger partial charge on any atom is 0.0879 e. The molecule has 4 heteroatoms. The van der Waals surface area contributed by atoms with Crippen molar-refractivity contribution in [2.24, 2.45) is 7.05 Å². The second-order valence-corrected chi connectivity index (χ2v) is 3.55. The smallest absolute Gasteiger partial charge is 0.0879 e. The maximum atomic E-state index is 9.64. The summed E-state index contributed by atoms with van der Waals surface area (Å²) in [6, 6.07) is 0. The minimum Gasteiger partial charge on any atom is -0.390 e. The van der Waals surface area contributed by atoms with E-state index in [9.17, 15) is 5.11 Å². The lowest BCUT2D eigenvalue weighted by Crippen LogP contribution is -2.19. The lowest BCUT2D eigenvalue weighted by atomic mass is 9.99. The molecule has 2 rings (SSSR count). The van der Waals surface area contributed by atoms with Crippen LogP contribution in [0.3, 0.4) is 0 Å². The molecule has 0 aromatic carbocycles. The highest BCUT2D eigenvalue weighted by Crippen LogP contribution is 2.27. The van der Waals surface area contributed by atoms with Crippen LogP contribution in [0.4, 0.5) is 0 Å². The summed E-state index contributed by atoms with van der Waals surface area (Å²) < 4.78 is 7.03. The van der Waals surface area contributed by atoms with Gasteiger partial charge in [-0.15, -0.1) is 0 Å². The highest BCUT2D eigenvalue weighted by molar-refractivity contribution is 5.22. The molecule has 4 nitrogen and oxygen atoms in total. The van der Waals surface area contributed by atoms with E-state index in [0.717, 1.165) is 11.3 Å². The van der Waals surface area contributed by atoms with Crippen LogP contribution in [0.15, 0.2) is 6.20 Å². The van der Waals surface area contributed by atoms with E-state index in [1.807, 2.05) is 24.9 Å². The molecule has 1 N–H and O–H groups in total. The molecule has 13 heavy (non-hydrogen) atoms. The lowest BCUT2D eigenvalue weighted by molar-refractivity contribution is 0.124. The van der Waals surface area contributed by atoms with Gasteiger partial charge in [-0.3, -0.25) is 4.68 Å². The van der Waals surface area contributed by atoms with Gasteiger partial charge in [-0.2, -0.15) is 5.10 Å². The fourth-order valence-corrected chi connectivity index (χ4v) is 1.89. The van der Waals surface area contributed by atoms with Gasteiger partial charge in [0, 0.05) is 12.7 Å². The first-order valence-corrected chi connectivity index (χ1v) is 4.44. The summed E-state index contributed by atoms with van der Waals surface area (Å²) in [5.41, 5.74) is 2.21. The summed E-state index contributed by atoms with van der Waals surface area (Å²) in [7, 11) is 1.90. The third kappa shape index (κ3) is 1.36. The predicted molar refractivity (Wildman–Crippen MR) is 47.5 cm³/mol. The number of nitrogens with zero attached hydrogens (tertiary/aromatic N) is 2. The molecule has 2 heterocycles. The molecule has 72 valence electrons. The average molecular weight is 182 g/mol. The normalized spacial score (nSPS) is 28.2. The number of aliphatic hydroxyl groups excluding tert-OH is 1. The lowest BCUT2D eigenvalue weighted by Gasteiger charge is -2.13. The van der Waals surface area contributed by atoms with Crippen LogP contribution >= 0.6 is 0 Å². The molecule has 0 saturated carbocycles. The summed E-state index contributed by atoms with van der Waals surface area (Å²) in [5.74, 6) is 0.0903. The Labute approximate surface area is 77.1 Å². The maximum absolute atomic E-state index is 9.64. The molecule has 0 unspecified atom stereocenters. The second-order valence-electron chi connectivity index (χ2n) is 3.55. The summed E-state index contributed by atoms with van der Waals surface area (Å²) in [4.78, 5) is 0. The van der Waals surface area contributed by atoms with E-state index < -0.39 is 0 Å².